The van der Waals surface area contributed by atoms with Gasteiger partial charge in [0.2, 0.25) is 0 Å². The molecule has 0 saturated heterocycles. The quantitative estimate of drug-likeness (QED) is 0.660. The van der Waals surface area contributed by atoms with Crippen LogP contribution in [0.15, 0.2) is 30.3 Å². The Morgan fingerprint density at radius 1 is 1.31 bits per heavy atom. The molecule has 68 valence electrons. The van der Waals surface area contributed by atoms with Crippen LogP contribution in [0.3, 0.4) is 0 Å². The van der Waals surface area contributed by atoms with Crippen molar-refractivity contribution in [3.63, 3.8) is 0 Å². The van der Waals surface area contributed by atoms with Crippen molar-refractivity contribution in [1.82, 2.24) is 0 Å². The predicted molar refractivity (Wildman–Crippen MR) is 55.8 cm³/mol. The number of halogens is 1. The molecule has 1 aromatic rings. The largest absolute Gasteiger partial charge is 0.295 e. The molecule has 0 heterocycles. The fourth-order valence-electron chi connectivity index (χ4n) is 1.16. The van der Waals surface area contributed by atoms with Crippen molar-refractivity contribution in [2.24, 2.45) is 0 Å². The Kier molecular flexibility index (Phi) is 3.26. The minimum atomic E-state index is 0.0393. The highest BCUT2D eigenvalue weighted by Gasteiger charge is 2.00. The topological polar surface area (TPSA) is 17.1 Å². The summed E-state index contributed by atoms with van der Waals surface area (Å²) in [4.78, 5) is 10.8. The van der Waals surface area contributed by atoms with Crippen LogP contribution in [0, 0.1) is 0 Å². The molecule has 0 radical (unpaired) electrons. The van der Waals surface area contributed by atoms with Gasteiger partial charge in [-0.25, -0.2) is 0 Å². The number of ketones is 1. The molecular weight excluding hydrogens is 184 g/mol. The molecule has 1 rings (SSSR count). The van der Waals surface area contributed by atoms with Gasteiger partial charge in [-0.15, -0.1) is 0 Å². The SMILES string of the molecule is CC(=O)/C=C(\C)c1ccccc1Cl. The van der Waals surface area contributed by atoms with Crippen molar-refractivity contribution in [2.45, 2.75) is 13.8 Å². The maximum Gasteiger partial charge on any atom is 0.152 e. The van der Waals surface area contributed by atoms with Crippen LogP contribution in [0.1, 0.15) is 19.4 Å². The second kappa shape index (κ2) is 4.24. The lowest BCUT2D eigenvalue weighted by Gasteiger charge is -2.02. The van der Waals surface area contributed by atoms with Crippen molar-refractivity contribution >= 4 is 23.0 Å². The monoisotopic (exact) mass is 194 g/mol. The van der Waals surface area contributed by atoms with Crippen LogP contribution in [0.2, 0.25) is 5.02 Å². The summed E-state index contributed by atoms with van der Waals surface area (Å²) >= 11 is 5.95. The third-order valence-electron chi connectivity index (χ3n) is 1.72. The molecule has 0 aliphatic carbocycles. The van der Waals surface area contributed by atoms with E-state index in [1.54, 1.807) is 6.08 Å². The van der Waals surface area contributed by atoms with Crippen molar-refractivity contribution < 1.29 is 4.79 Å². The molecule has 0 fully saturated rings. The van der Waals surface area contributed by atoms with E-state index in [1.807, 2.05) is 31.2 Å². The minimum Gasteiger partial charge on any atom is -0.295 e. The van der Waals surface area contributed by atoms with E-state index in [0.29, 0.717) is 5.02 Å². The third-order valence-corrected chi connectivity index (χ3v) is 2.05. The predicted octanol–water partition coefficient (Wildman–Crippen LogP) is 3.33. The summed E-state index contributed by atoms with van der Waals surface area (Å²) in [5.41, 5.74) is 1.82. The number of benzene rings is 1. The van der Waals surface area contributed by atoms with E-state index in [1.165, 1.54) is 6.92 Å². The van der Waals surface area contributed by atoms with E-state index >= 15 is 0 Å². The zero-order chi connectivity index (χ0) is 9.84. The van der Waals surface area contributed by atoms with Gasteiger partial charge in [0.15, 0.2) is 5.78 Å². The summed E-state index contributed by atoms with van der Waals surface area (Å²) in [5, 5.41) is 0.678. The van der Waals surface area contributed by atoms with Gasteiger partial charge in [0.05, 0.1) is 0 Å². The summed E-state index contributed by atoms with van der Waals surface area (Å²) in [6.07, 6.45) is 1.58. The maximum absolute atomic E-state index is 10.8. The molecule has 0 bridgehead atoms. The summed E-state index contributed by atoms with van der Waals surface area (Å²) in [6, 6.07) is 7.48. The summed E-state index contributed by atoms with van der Waals surface area (Å²) in [5.74, 6) is 0.0393. The molecule has 0 aliphatic heterocycles. The summed E-state index contributed by atoms with van der Waals surface area (Å²) in [7, 11) is 0. The number of hydrogen-bond acceptors (Lipinski definition) is 1. The molecule has 1 aromatic carbocycles. The van der Waals surface area contributed by atoms with Gasteiger partial charge in [0.1, 0.15) is 0 Å². The second-order valence-corrected chi connectivity index (χ2v) is 3.33. The molecule has 0 unspecified atom stereocenters. The van der Waals surface area contributed by atoms with Crippen LogP contribution in [-0.2, 0) is 4.79 Å². The van der Waals surface area contributed by atoms with E-state index in [0.717, 1.165) is 11.1 Å². The van der Waals surface area contributed by atoms with Crippen molar-refractivity contribution in [2.75, 3.05) is 0 Å². The molecule has 0 aliphatic rings. The van der Waals surface area contributed by atoms with Gasteiger partial charge < -0.3 is 0 Å². The van der Waals surface area contributed by atoms with Crippen molar-refractivity contribution in [1.29, 1.82) is 0 Å². The molecule has 0 N–H and O–H groups in total. The number of rotatable bonds is 2. The fraction of sp³-hybridized carbons (Fsp3) is 0.182. The molecule has 13 heavy (non-hydrogen) atoms. The van der Waals surface area contributed by atoms with Crippen LogP contribution in [0.4, 0.5) is 0 Å². The van der Waals surface area contributed by atoms with Gasteiger partial charge in [-0.2, -0.15) is 0 Å². The second-order valence-electron chi connectivity index (χ2n) is 2.92. The maximum atomic E-state index is 10.8. The highest BCUT2D eigenvalue weighted by molar-refractivity contribution is 6.32. The molecule has 0 aromatic heterocycles. The van der Waals surface area contributed by atoms with Gasteiger partial charge in [-0.3, -0.25) is 4.79 Å². The van der Waals surface area contributed by atoms with Gasteiger partial charge in [-0.05, 0) is 37.1 Å². The average molecular weight is 195 g/mol. The lowest BCUT2D eigenvalue weighted by Crippen LogP contribution is -1.86. The van der Waals surface area contributed by atoms with Crippen molar-refractivity contribution in [3.05, 3.63) is 40.9 Å². The molecular formula is C11H11ClO. The van der Waals surface area contributed by atoms with Gasteiger partial charge in [0.25, 0.3) is 0 Å². The Morgan fingerprint density at radius 3 is 2.46 bits per heavy atom. The first-order valence-electron chi connectivity index (χ1n) is 4.05. The number of carbonyl (C=O) groups excluding carboxylic acids is 1. The normalized spacial score (nSPS) is 11.5. The average Bonchev–Trinajstić information content (AvgIpc) is 2.03. The van der Waals surface area contributed by atoms with Crippen LogP contribution in [0.25, 0.3) is 5.57 Å². The molecule has 2 heteroatoms. The van der Waals surface area contributed by atoms with E-state index < -0.39 is 0 Å². The van der Waals surface area contributed by atoms with Gasteiger partial charge in [0, 0.05) is 5.02 Å². The molecule has 0 atom stereocenters. The smallest absolute Gasteiger partial charge is 0.152 e. The standard InChI is InChI=1S/C11H11ClO/c1-8(7-9(2)13)10-5-3-4-6-11(10)12/h3-7H,1-2H3/b8-7+. The highest BCUT2D eigenvalue weighted by Crippen LogP contribution is 2.22. The zero-order valence-corrected chi connectivity index (χ0v) is 8.43. The first-order chi connectivity index (χ1) is 6.11. The Hall–Kier alpha value is -1.08. The Balaban J connectivity index is 3.08. The first-order valence-corrected chi connectivity index (χ1v) is 4.43. The lowest BCUT2D eigenvalue weighted by molar-refractivity contribution is -0.112. The third kappa shape index (κ3) is 2.71. The Labute approximate surface area is 83.0 Å². The molecule has 1 nitrogen and oxygen atoms in total. The Bertz CT molecular complexity index is 353. The van der Waals surface area contributed by atoms with Crippen LogP contribution in [0.5, 0.6) is 0 Å². The van der Waals surface area contributed by atoms with Gasteiger partial charge in [-0.1, -0.05) is 29.8 Å². The summed E-state index contributed by atoms with van der Waals surface area (Å²) < 4.78 is 0. The van der Waals surface area contributed by atoms with E-state index in [9.17, 15) is 4.79 Å². The molecule has 0 amide bonds. The zero-order valence-electron chi connectivity index (χ0n) is 7.67. The van der Waals surface area contributed by atoms with Crippen molar-refractivity contribution in [3.8, 4) is 0 Å². The fourth-order valence-corrected chi connectivity index (χ4v) is 1.45. The number of hydrogen-bond donors (Lipinski definition) is 0. The number of allylic oxidation sites excluding steroid dienone is 2. The van der Waals surface area contributed by atoms with Gasteiger partial charge >= 0.3 is 0 Å². The van der Waals surface area contributed by atoms with Crippen LogP contribution < -0.4 is 0 Å². The minimum absolute atomic E-state index is 0.0393. The van der Waals surface area contributed by atoms with Crippen LogP contribution in [-0.4, -0.2) is 5.78 Å². The lowest BCUT2D eigenvalue weighted by atomic mass is 10.1. The summed E-state index contributed by atoms with van der Waals surface area (Å²) in [6.45, 7) is 3.41. The number of carbonyl (C=O) groups is 1. The van der Waals surface area contributed by atoms with E-state index in [4.69, 9.17) is 11.6 Å². The first kappa shape index (κ1) is 10.0. The highest BCUT2D eigenvalue weighted by atomic mass is 35.5. The Morgan fingerprint density at radius 2 is 1.92 bits per heavy atom. The van der Waals surface area contributed by atoms with Crippen LogP contribution >= 0.6 is 11.6 Å². The van der Waals surface area contributed by atoms with E-state index in [-0.39, 0.29) is 5.78 Å². The van der Waals surface area contributed by atoms with E-state index in [2.05, 4.69) is 0 Å². The molecule has 0 spiro atoms. The molecule has 0 saturated carbocycles.